The van der Waals surface area contributed by atoms with Gasteiger partial charge in [-0.15, -0.1) is 0 Å². The highest BCUT2D eigenvalue weighted by atomic mass is 16.1. The number of carbonyl (C=O) groups is 1. The molecular weight excluding hydrogens is 228 g/mol. The van der Waals surface area contributed by atoms with Gasteiger partial charge in [-0.1, -0.05) is 18.2 Å². The Balaban J connectivity index is 2.31. The number of H-pyrrole nitrogens is 1. The fourth-order valence-electron chi connectivity index (χ4n) is 1.74. The molecule has 1 aromatic carbocycles. The maximum absolute atomic E-state index is 12.1. The van der Waals surface area contributed by atoms with E-state index in [0.717, 1.165) is 0 Å². The Kier molecular flexibility index (Phi) is 3.02. The second kappa shape index (κ2) is 4.63. The van der Waals surface area contributed by atoms with Gasteiger partial charge in [0.25, 0.3) is 5.91 Å². The molecule has 2 rings (SSSR count). The first-order valence-electron chi connectivity index (χ1n) is 5.38. The molecule has 0 fully saturated rings. The van der Waals surface area contributed by atoms with Crippen LogP contribution in [0.1, 0.15) is 21.7 Å². The van der Waals surface area contributed by atoms with Crippen molar-refractivity contribution in [3.63, 3.8) is 0 Å². The first-order valence-corrected chi connectivity index (χ1v) is 5.38. The van der Waals surface area contributed by atoms with Crippen LogP contribution in [0.2, 0.25) is 0 Å². The third-order valence-electron chi connectivity index (χ3n) is 2.60. The van der Waals surface area contributed by atoms with Crippen LogP contribution < -0.4 is 11.1 Å². The molecule has 0 bridgehead atoms. The van der Waals surface area contributed by atoms with Crippen LogP contribution in [0, 0.1) is 18.3 Å². The van der Waals surface area contributed by atoms with Crippen LogP contribution >= 0.6 is 0 Å². The molecule has 2 aromatic rings. The largest absolute Gasteiger partial charge is 0.396 e. The molecule has 1 heterocycles. The number of benzene rings is 1. The number of nitrogen functional groups attached to an aromatic ring is 1. The Bertz CT molecular complexity index is 622. The summed E-state index contributed by atoms with van der Waals surface area (Å²) in [5.74, 6) is -0.325. The van der Waals surface area contributed by atoms with Gasteiger partial charge in [-0.3, -0.25) is 4.79 Å². The lowest BCUT2D eigenvalue weighted by Gasteiger charge is -2.05. The van der Waals surface area contributed by atoms with Crippen molar-refractivity contribution >= 4 is 17.3 Å². The number of carbonyl (C=O) groups excluding carboxylic acids is 1. The molecule has 18 heavy (non-hydrogen) atoms. The summed E-state index contributed by atoms with van der Waals surface area (Å²) in [6, 6.07) is 11.0. The highest BCUT2D eigenvalue weighted by Gasteiger charge is 2.18. The van der Waals surface area contributed by atoms with E-state index in [1.165, 1.54) is 0 Å². The van der Waals surface area contributed by atoms with Crippen molar-refractivity contribution in [2.75, 3.05) is 11.1 Å². The minimum Gasteiger partial charge on any atom is -0.396 e. The lowest BCUT2D eigenvalue weighted by molar-refractivity contribution is 0.102. The summed E-state index contributed by atoms with van der Waals surface area (Å²) in [6.45, 7) is 1.71. The van der Waals surface area contributed by atoms with Crippen molar-refractivity contribution in [2.24, 2.45) is 0 Å². The standard InChI is InChI=1S/C13H12N4O/c1-8-11(12(15)10(7-14)16-8)13(18)17-9-5-3-2-4-6-9/h2-6,16H,15H2,1H3,(H,17,18). The number of hydrogen-bond donors (Lipinski definition) is 3. The SMILES string of the molecule is Cc1[nH]c(C#N)c(N)c1C(=O)Nc1ccccc1. The summed E-state index contributed by atoms with van der Waals surface area (Å²) in [5.41, 5.74) is 7.73. The average Bonchev–Trinajstić information content (AvgIpc) is 2.65. The van der Waals surface area contributed by atoms with Crippen LogP contribution in [0.5, 0.6) is 0 Å². The maximum Gasteiger partial charge on any atom is 0.259 e. The number of para-hydroxylation sites is 1. The van der Waals surface area contributed by atoms with Gasteiger partial charge in [0, 0.05) is 11.4 Å². The Morgan fingerprint density at radius 1 is 1.39 bits per heavy atom. The molecule has 0 unspecified atom stereocenters. The minimum atomic E-state index is -0.325. The van der Waals surface area contributed by atoms with Crippen molar-refractivity contribution in [3.8, 4) is 6.07 Å². The van der Waals surface area contributed by atoms with Gasteiger partial charge in [0.15, 0.2) is 0 Å². The molecule has 4 N–H and O–H groups in total. The van der Waals surface area contributed by atoms with Crippen molar-refractivity contribution in [2.45, 2.75) is 6.92 Å². The molecule has 5 heteroatoms. The van der Waals surface area contributed by atoms with E-state index in [1.807, 2.05) is 24.3 Å². The molecule has 90 valence electrons. The van der Waals surface area contributed by atoms with Crippen molar-refractivity contribution < 1.29 is 4.79 Å². The van der Waals surface area contributed by atoms with Crippen molar-refractivity contribution in [3.05, 3.63) is 47.3 Å². The molecular formula is C13H12N4O. The number of amides is 1. The van der Waals surface area contributed by atoms with Crippen molar-refractivity contribution in [1.82, 2.24) is 4.98 Å². The van der Waals surface area contributed by atoms with Gasteiger partial charge >= 0.3 is 0 Å². The second-order valence-electron chi connectivity index (χ2n) is 3.85. The number of hydrogen-bond acceptors (Lipinski definition) is 3. The zero-order valence-corrected chi connectivity index (χ0v) is 9.82. The van der Waals surface area contributed by atoms with E-state index in [9.17, 15) is 4.79 Å². The topological polar surface area (TPSA) is 94.7 Å². The van der Waals surface area contributed by atoms with Crippen LogP contribution in [0.15, 0.2) is 30.3 Å². The average molecular weight is 240 g/mol. The number of anilines is 2. The van der Waals surface area contributed by atoms with Gasteiger partial charge in [-0.25, -0.2) is 0 Å². The summed E-state index contributed by atoms with van der Waals surface area (Å²) in [6.07, 6.45) is 0. The predicted molar refractivity (Wildman–Crippen MR) is 69.1 cm³/mol. The second-order valence-corrected chi connectivity index (χ2v) is 3.85. The number of nitrogens with zero attached hydrogens (tertiary/aromatic N) is 1. The quantitative estimate of drug-likeness (QED) is 0.749. The van der Waals surface area contributed by atoms with Gasteiger partial charge in [0.1, 0.15) is 11.8 Å². The Morgan fingerprint density at radius 3 is 2.61 bits per heavy atom. The fourth-order valence-corrected chi connectivity index (χ4v) is 1.74. The summed E-state index contributed by atoms with van der Waals surface area (Å²) >= 11 is 0. The minimum absolute atomic E-state index is 0.184. The molecule has 1 aromatic heterocycles. The van der Waals surface area contributed by atoms with Gasteiger partial charge < -0.3 is 16.0 Å². The number of nitrogens with one attached hydrogen (secondary N) is 2. The lowest BCUT2D eigenvalue weighted by atomic mass is 10.2. The molecule has 0 spiro atoms. The lowest BCUT2D eigenvalue weighted by Crippen LogP contribution is -2.14. The number of aryl methyl sites for hydroxylation is 1. The number of aromatic amines is 1. The van der Waals surface area contributed by atoms with Crippen LogP contribution in [-0.4, -0.2) is 10.9 Å². The first kappa shape index (κ1) is 11.7. The number of nitriles is 1. The molecule has 0 aliphatic heterocycles. The molecule has 0 saturated heterocycles. The van der Waals surface area contributed by atoms with Gasteiger partial charge in [0.05, 0.1) is 11.3 Å². The molecule has 0 atom stereocenters. The van der Waals surface area contributed by atoms with E-state index in [4.69, 9.17) is 11.0 Å². The zero-order chi connectivity index (χ0) is 13.1. The predicted octanol–water partition coefficient (Wildman–Crippen LogP) is 2.03. The first-order chi connectivity index (χ1) is 8.63. The Hall–Kier alpha value is -2.74. The van der Waals surface area contributed by atoms with E-state index in [2.05, 4.69) is 10.3 Å². The zero-order valence-electron chi connectivity index (χ0n) is 9.82. The molecule has 0 saturated carbocycles. The van der Waals surface area contributed by atoms with Gasteiger partial charge in [-0.2, -0.15) is 5.26 Å². The molecule has 1 amide bonds. The van der Waals surface area contributed by atoms with Gasteiger partial charge in [0.2, 0.25) is 0 Å². The van der Waals surface area contributed by atoms with E-state index in [0.29, 0.717) is 16.9 Å². The van der Waals surface area contributed by atoms with Gasteiger partial charge in [-0.05, 0) is 19.1 Å². The number of nitrogens with two attached hydrogens (primary N) is 1. The monoisotopic (exact) mass is 240 g/mol. The van der Waals surface area contributed by atoms with E-state index in [-0.39, 0.29) is 17.3 Å². The number of rotatable bonds is 2. The van der Waals surface area contributed by atoms with Crippen LogP contribution in [0.25, 0.3) is 0 Å². The van der Waals surface area contributed by atoms with Crippen LogP contribution in [-0.2, 0) is 0 Å². The summed E-state index contributed by atoms with van der Waals surface area (Å²) in [4.78, 5) is 14.8. The van der Waals surface area contributed by atoms with Crippen LogP contribution in [0.4, 0.5) is 11.4 Å². The highest BCUT2D eigenvalue weighted by molar-refractivity contribution is 6.09. The van der Waals surface area contributed by atoms with Crippen LogP contribution in [0.3, 0.4) is 0 Å². The Morgan fingerprint density at radius 2 is 2.06 bits per heavy atom. The van der Waals surface area contributed by atoms with E-state index >= 15 is 0 Å². The molecule has 0 radical (unpaired) electrons. The smallest absolute Gasteiger partial charge is 0.259 e. The van der Waals surface area contributed by atoms with Crippen molar-refractivity contribution in [1.29, 1.82) is 5.26 Å². The summed E-state index contributed by atoms with van der Waals surface area (Å²) in [5, 5.41) is 11.6. The third-order valence-corrected chi connectivity index (χ3v) is 2.60. The summed E-state index contributed by atoms with van der Waals surface area (Å²) in [7, 11) is 0. The number of aromatic nitrogens is 1. The normalized spacial score (nSPS) is 9.78. The van der Waals surface area contributed by atoms with E-state index in [1.54, 1.807) is 19.1 Å². The molecule has 0 aliphatic carbocycles. The summed E-state index contributed by atoms with van der Waals surface area (Å²) < 4.78 is 0. The highest BCUT2D eigenvalue weighted by Crippen LogP contribution is 2.21. The van der Waals surface area contributed by atoms with E-state index < -0.39 is 0 Å². The molecule has 5 nitrogen and oxygen atoms in total. The third kappa shape index (κ3) is 2.04. The maximum atomic E-state index is 12.1. The molecule has 0 aliphatic rings. The fraction of sp³-hybridized carbons (Fsp3) is 0.0769. The Labute approximate surface area is 104 Å².